The molecule has 85 valence electrons. The second-order valence-corrected chi connectivity index (χ2v) is 3.24. The molecule has 0 saturated heterocycles. The summed E-state index contributed by atoms with van der Waals surface area (Å²) in [5.74, 6) is 1.51. The molecule has 1 rings (SSSR count). The second kappa shape index (κ2) is 7.57. The number of hydrogen-bond acceptors (Lipinski definition) is 2. The van der Waals surface area contributed by atoms with Gasteiger partial charge in [-0.3, -0.25) is 0 Å². The van der Waals surface area contributed by atoms with Gasteiger partial charge in [-0.15, -0.1) is 13.2 Å². The Hall–Kier alpha value is -1.70. The molecule has 0 bridgehead atoms. The Bertz CT molecular complexity index is 302. The van der Waals surface area contributed by atoms with Crippen LogP contribution in [-0.4, -0.2) is 13.2 Å². The van der Waals surface area contributed by atoms with Gasteiger partial charge in [-0.25, -0.2) is 0 Å². The molecule has 0 aliphatic rings. The lowest BCUT2D eigenvalue weighted by Gasteiger charge is -2.07. The predicted molar refractivity (Wildman–Crippen MR) is 65.9 cm³/mol. The van der Waals surface area contributed by atoms with Gasteiger partial charge in [0.15, 0.2) is 0 Å². The van der Waals surface area contributed by atoms with Gasteiger partial charge in [-0.05, 0) is 25.0 Å². The number of benzene rings is 1. The van der Waals surface area contributed by atoms with Crippen molar-refractivity contribution in [3.8, 4) is 11.5 Å². The van der Waals surface area contributed by atoms with Crippen LogP contribution in [0.3, 0.4) is 0 Å². The van der Waals surface area contributed by atoms with Crippen molar-refractivity contribution in [2.75, 3.05) is 13.2 Å². The molecule has 0 aromatic heterocycles. The summed E-state index contributed by atoms with van der Waals surface area (Å²) in [5, 5.41) is 0. The number of rotatable bonds is 8. The smallest absolute Gasteiger partial charge is 0.130 e. The molecule has 0 spiro atoms. The molecule has 1 radical (unpaired) electrons. The normalized spacial score (nSPS) is 9.50. The molecule has 0 aliphatic carbocycles. The summed E-state index contributed by atoms with van der Waals surface area (Å²) in [6, 6.07) is 8.50. The molecule has 0 unspecified atom stereocenters. The zero-order valence-electron chi connectivity index (χ0n) is 9.45. The summed E-state index contributed by atoms with van der Waals surface area (Å²) >= 11 is 0. The zero-order valence-corrected chi connectivity index (χ0v) is 9.45. The summed E-state index contributed by atoms with van der Waals surface area (Å²) in [6.07, 6.45) is 5.32. The van der Waals surface area contributed by atoms with E-state index >= 15 is 0 Å². The molecule has 2 nitrogen and oxygen atoms in total. The van der Waals surface area contributed by atoms with E-state index in [1.54, 1.807) is 6.07 Å². The van der Waals surface area contributed by atoms with Gasteiger partial charge >= 0.3 is 0 Å². The van der Waals surface area contributed by atoms with Crippen LogP contribution in [0.4, 0.5) is 0 Å². The highest BCUT2D eigenvalue weighted by Crippen LogP contribution is 2.19. The van der Waals surface area contributed by atoms with Gasteiger partial charge in [-0.1, -0.05) is 12.2 Å². The second-order valence-electron chi connectivity index (χ2n) is 3.24. The maximum Gasteiger partial charge on any atom is 0.130 e. The summed E-state index contributed by atoms with van der Waals surface area (Å²) < 4.78 is 11.0. The molecule has 0 atom stereocenters. The summed E-state index contributed by atoms with van der Waals surface area (Å²) in [5.41, 5.74) is 0. The Balaban J connectivity index is 2.43. The monoisotopic (exact) mass is 217 g/mol. The molecular formula is C14H17O2. The molecule has 0 saturated carbocycles. The molecule has 0 N–H and O–H groups in total. The standard InChI is InChI=1S/C14H17O2/c1-3-5-10-15-13-8-7-9-14(12-13)16-11-6-4-2/h3-4,7-8,12H,1-2,5-6,10-11H2. The maximum absolute atomic E-state index is 5.50. The average Bonchev–Trinajstić information content (AvgIpc) is 2.30. The minimum atomic E-state index is 0.621. The highest BCUT2D eigenvalue weighted by molar-refractivity contribution is 5.31. The lowest BCUT2D eigenvalue weighted by atomic mass is 10.3. The van der Waals surface area contributed by atoms with Gasteiger partial charge in [0.1, 0.15) is 11.5 Å². The van der Waals surface area contributed by atoms with Crippen LogP contribution in [0.25, 0.3) is 0 Å². The van der Waals surface area contributed by atoms with Crippen molar-refractivity contribution in [2.45, 2.75) is 12.8 Å². The van der Waals surface area contributed by atoms with E-state index in [1.807, 2.05) is 24.3 Å². The first-order valence-electron chi connectivity index (χ1n) is 5.36. The van der Waals surface area contributed by atoms with Crippen LogP contribution in [0, 0.1) is 6.07 Å². The van der Waals surface area contributed by atoms with Gasteiger partial charge in [0.25, 0.3) is 0 Å². The van der Waals surface area contributed by atoms with Crippen LogP contribution in [0.5, 0.6) is 11.5 Å². The fraction of sp³-hybridized carbons (Fsp3) is 0.286. The van der Waals surface area contributed by atoms with Gasteiger partial charge in [0.05, 0.1) is 13.2 Å². The SMILES string of the molecule is C=CCCOc1[c]ccc(OCCC=C)c1. The van der Waals surface area contributed by atoms with Crippen molar-refractivity contribution >= 4 is 0 Å². The molecule has 1 aromatic carbocycles. The van der Waals surface area contributed by atoms with Crippen molar-refractivity contribution in [1.82, 2.24) is 0 Å². The van der Waals surface area contributed by atoms with E-state index in [-0.39, 0.29) is 0 Å². The van der Waals surface area contributed by atoms with E-state index in [1.165, 1.54) is 0 Å². The number of ether oxygens (including phenoxy) is 2. The van der Waals surface area contributed by atoms with Gasteiger partial charge in [0, 0.05) is 12.1 Å². The molecule has 0 heterocycles. The molecule has 2 heteroatoms. The van der Waals surface area contributed by atoms with E-state index < -0.39 is 0 Å². The third kappa shape index (κ3) is 4.69. The molecule has 1 aromatic rings. The van der Waals surface area contributed by atoms with Gasteiger partial charge in [0.2, 0.25) is 0 Å². The van der Waals surface area contributed by atoms with E-state index in [9.17, 15) is 0 Å². The van der Waals surface area contributed by atoms with Crippen LogP contribution in [0.1, 0.15) is 12.8 Å². The molecule has 16 heavy (non-hydrogen) atoms. The topological polar surface area (TPSA) is 18.5 Å². The Morgan fingerprint density at radius 2 is 1.81 bits per heavy atom. The van der Waals surface area contributed by atoms with Crippen LogP contribution in [0.15, 0.2) is 43.5 Å². The highest BCUT2D eigenvalue weighted by atomic mass is 16.5. The average molecular weight is 217 g/mol. The van der Waals surface area contributed by atoms with Crippen LogP contribution < -0.4 is 9.47 Å². The van der Waals surface area contributed by atoms with Crippen molar-refractivity contribution < 1.29 is 9.47 Å². The Kier molecular flexibility index (Phi) is 5.86. The van der Waals surface area contributed by atoms with Crippen LogP contribution in [0.2, 0.25) is 0 Å². The van der Waals surface area contributed by atoms with Crippen molar-refractivity contribution in [2.24, 2.45) is 0 Å². The maximum atomic E-state index is 5.50. The van der Waals surface area contributed by atoms with E-state index in [4.69, 9.17) is 9.47 Å². The molecule has 0 fully saturated rings. The lowest BCUT2D eigenvalue weighted by Crippen LogP contribution is -1.98. The van der Waals surface area contributed by atoms with Gasteiger partial charge in [-0.2, -0.15) is 0 Å². The van der Waals surface area contributed by atoms with Crippen molar-refractivity contribution in [1.29, 1.82) is 0 Å². The van der Waals surface area contributed by atoms with Crippen molar-refractivity contribution in [3.05, 3.63) is 49.6 Å². The lowest BCUT2D eigenvalue weighted by molar-refractivity contribution is 0.308. The third-order valence-corrected chi connectivity index (χ3v) is 1.92. The highest BCUT2D eigenvalue weighted by Gasteiger charge is 1.97. The van der Waals surface area contributed by atoms with E-state index in [2.05, 4.69) is 19.2 Å². The van der Waals surface area contributed by atoms with Crippen LogP contribution >= 0.6 is 0 Å². The van der Waals surface area contributed by atoms with Crippen molar-refractivity contribution in [3.63, 3.8) is 0 Å². The quantitative estimate of drug-likeness (QED) is 0.491. The number of hydrogen-bond donors (Lipinski definition) is 0. The largest absolute Gasteiger partial charge is 0.493 e. The summed E-state index contributed by atoms with van der Waals surface area (Å²) in [4.78, 5) is 0. The van der Waals surface area contributed by atoms with Gasteiger partial charge < -0.3 is 9.47 Å². The molecule has 0 aliphatic heterocycles. The Labute approximate surface area is 97.2 Å². The first-order chi connectivity index (χ1) is 7.86. The molecule has 0 amide bonds. The molecular weight excluding hydrogens is 200 g/mol. The summed E-state index contributed by atoms with van der Waals surface area (Å²) in [6.45, 7) is 8.53. The third-order valence-electron chi connectivity index (χ3n) is 1.92. The Morgan fingerprint density at radius 1 is 1.12 bits per heavy atom. The fourth-order valence-electron chi connectivity index (χ4n) is 1.11. The first kappa shape index (κ1) is 12.4. The fourth-order valence-corrected chi connectivity index (χ4v) is 1.11. The zero-order chi connectivity index (χ0) is 11.6. The summed E-state index contributed by atoms with van der Waals surface area (Å²) in [7, 11) is 0. The Morgan fingerprint density at radius 3 is 2.50 bits per heavy atom. The minimum absolute atomic E-state index is 0.621. The van der Waals surface area contributed by atoms with Crippen LogP contribution in [-0.2, 0) is 0 Å². The van der Waals surface area contributed by atoms with E-state index in [0.717, 1.165) is 18.6 Å². The van der Waals surface area contributed by atoms with E-state index in [0.29, 0.717) is 19.0 Å². The predicted octanol–water partition coefficient (Wildman–Crippen LogP) is 3.40. The minimum Gasteiger partial charge on any atom is -0.493 e. The first-order valence-corrected chi connectivity index (χ1v) is 5.36.